The van der Waals surface area contributed by atoms with Crippen molar-refractivity contribution in [2.75, 3.05) is 7.11 Å². The quantitative estimate of drug-likeness (QED) is 0.707. The highest BCUT2D eigenvalue weighted by Gasteiger charge is 2.28. The molecule has 3 heteroatoms. The highest BCUT2D eigenvalue weighted by molar-refractivity contribution is 6.72. The largest absolute Gasteiger partial charge is 0.496 e. The van der Waals surface area contributed by atoms with Gasteiger partial charge in [0.25, 0.3) is 0 Å². The molecule has 0 radical (unpaired) electrons. The number of rotatable bonds is 4. The fourth-order valence-electron chi connectivity index (χ4n) is 3.94. The minimum absolute atomic E-state index is 0.151. The maximum atomic E-state index is 6.01. The fourth-order valence-corrected chi connectivity index (χ4v) is 7.08. The van der Waals surface area contributed by atoms with Gasteiger partial charge in [-0.25, -0.2) is 0 Å². The Morgan fingerprint density at radius 3 is 2.08 bits per heavy atom. The summed E-state index contributed by atoms with van der Waals surface area (Å²) in [5, 5.41) is 3.18. The summed E-state index contributed by atoms with van der Waals surface area (Å²) in [4.78, 5) is 0. The molecular formula is C21H34OSi2. The molecule has 1 nitrogen and oxygen atoms in total. The molecule has 0 spiro atoms. The number of ether oxygens (including phenoxy) is 1. The van der Waals surface area contributed by atoms with Gasteiger partial charge in [-0.1, -0.05) is 64.3 Å². The molecule has 0 unspecified atom stereocenters. The normalized spacial score (nSPS) is 15.1. The second kappa shape index (κ2) is 7.05. The lowest BCUT2D eigenvalue weighted by Crippen LogP contribution is -2.35. The Bertz CT molecular complexity index is 689. The Balaban J connectivity index is 2.72. The molecule has 0 atom stereocenters. The molecule has 132 valence electrons. The highest BCUT2D eigenvalue weighted by Crippen LogP contribution is 2.37. The van der Waals surface area contributed by atoms with Crippen LogP contribution < -0.4 is 9.92 Å². The van der Waals surface area contributed by atoms with Crippen LogP contribution in [0.2, 0.25) is 26.2 Å². The van der Waals surface area contributed by atoms with E-state index < -0.39 is 17.6 Å². The molecule has 0 bridgehead atoms. The van der Waals surface area contributed by atoms with Crippen molar-refractivity contribution >= 4 is 28.4 Å². The summed E-state index contributed by atoms with van der Waals surface area (Å²) in [7, 11) is 0.107. The van der Waals surface area contributed by atoms with Crippen molar-refractivity contribution in [3.05, 3.63) is 40.1 Å². The molecule has 0 heterocycles. The van der Waals surface area contributed by atoms with E-state index in [2.05, 4.69) is 72.1 Å². The van der Waals surface area contributed by atoms with Gasteiger partial charge >= 0.3 is 0 Å². The van der Waals surface area contributed by atoms with E-state index in [1.54, 1.807) is 5.20 Å². The van der Waals surface area contributed by atoms with Crippen molar-refractivity contribution < 1.29 is 4.74 Å². The predicted octanol–water partition coefficient (Wildman–Crippen LogP) is 4.73. The first-order chi connectivity index (χ1) is 11.1. The number of benzene rings is 1. The van der Waals surface area contributed by atoms with Crippen LogP contribution in [0, 0.1) is 6.92 Å². The molecule has 0 aromatic heterocycles. The standard InChI is InChI=1S/C21H34OSi2/c1-14-12-17(15-10-11-16(13-15)23(6)7)19(22-5)20(24(8)9)18(14)21(2,3)4/h10,12-13,23-24H,11H2,1-9H3. The van der Waals surface area contributed by atoms with Crippen LogP contribution in [0.3, 0.4) is 0 Å². The van der Waals surface area contributed by atoms with Gasteiger partial charge in [-0.2, -0.15) is 0 Å². The summed E-state index contributed by atoms with van der Waals surface area (Å²) in [5.41, 5.74) is 5.76. The topological polar surface area (TPSA) is 9.23 Å². The van der Waals surface area contributed by atoms with Crippen molar-refractivity contribution in [1.29, 1.82) is 0 Å². The minimum atomic E-state index is -1.02. The number of allylic oxidation sites excluding steroid dienone is 4. The first-order valence-electron chi connectivity index (χ1n) is 9.20. The van der Waals surface area contributed by atoms with Crippen molar-refractivity contribution in [3.63, 3.8) is 0 Å². The zero-order chi connectivity index (χ0) is 18.2. The average molecular weight is 359 g/mol. The summed E-state index contributed by atoms with van der Waals surface area (Å²) >= 11 is 0. The van der Waals surface area contributed by atoms with E-state index in [9.17, 15) is 0 Å². The van der Waals surface area contributed by atoms with Gasteiger partial charge in [-0.3, -0.25) is 0 Å². The Kier molecular flexibility index (Phi) is 5.65. The molecule has 0 aliphatic heterocycles. The molecule has 0 N–H and O–H groups in total. The third-order valence-corrected chi connectivity index (χ3v) is 8.59. The summed E-state index contributed by atoms with van der Waals surface area (Å²) in [6.45, 7) is 18.9. The lowest BCUT2D eigenvalue weighted by Gasteiger charge is -2.30. The molecule has 1 aliphatic carbocycles. The Morgan fingerprint density at radius 1 is 1.04 bits per heavy atom. The van der Waals surface area contributed by atoms with Gasteiger partial charge in [-0.15, -0.1) is 0 Å². The van der Waals surface area contributed by atoms with E-state index in [1.807, 2.05) is 7.11 Å². The van der Waals surface area contributed by atoms with Crippen LogP contribution in [-0.2, 0) is 5.41 Å². The SMILES string of the molecule is COc1c(C2=CCC([SiH](C)C)=C2)cc(C)c(C(C)(C)C)c1[SiH](C)C. The highest BCUT2D eigenvalue weighted by atomic mass is 28.3. The van der Waals surface area contributed by atoms with E-state index in [-0.39, 0.29) is 5.41 Å². The predicted molar refractivity (Wildman–Crippen MR) is 114 cm³/mol. The van der Waals surface area contributed by atoms with Crippen LogP contribution in [0.15, 0.2) is 23.4 Å². The third-order valence-electron chi connectivity index (χ3n) is 5.00. The molecule has 1 aromatic rings. The van der Waals surface area contributed by atoms with Crippen LogP contribution in [0.25, 0.3) is 5.57 Å². The summed E-state index contributed by atoms with van der Waals surface area (Å²) < 4.78 is 6.01. The second-order valence-electron chi connectivity index (χ2n) is 8.71. The molecule has 1 aromatic carbocycles. The van der Waals surface area contributed by atoms with Crippen molar-refractivity contribution in [2.45, 2.75) is 65.7 Å². The van der Waals surface area contributed by atoms with Gasteiger partial charge in [0.15, 0.2) is 0 Å². The average Bonchev–Trinajstić information content (AvgIpc) is 2.94. The summed E-state index contributed by atoms with van der Waals surface area (Å²) in [6, 6.07) is 2.37. The van der Waals surface area contributed by atoms with E-state index in [1.165, 1.54) is 27.5 Å². The second-order valence-corrected chi connectivity index (χ2v) is 14.6. The van der Waals surface area contributed by atoms with E-state index in [4.69, 9.17) is 4.74 Å². The maximum absolute atomic E-state index is 6.01. The number of aryl methyl sites for hydroxylation is 1. The third kappa shape index (κ3) is 3.62. The summed E-state index contributed by atoms with van der Waals surface area (Å²) in [5.74, 6) is 1.14. The van der Waals surface area contributed by atoms with Gasteiger partial charge in [0.05, 0.1) is 24.7 Å². The van der Waals surface area contributed by atoms with Crippen LogP contribution in [-0.4, -0.2) is 24.7 Å². The molecular weight excluding hydrogens is 324 g/mol. The van der Waals surface area contributed by atoms with Crippen molar-refractivity contribution in [2.24, 2.45) is 0 Å². The smallest absolute Gasteiger partial charge is 0.125 e. The van der Waals surface area contributed by atoms with E-state index in [0.29, 0.717) is 0 Å². The Hall–Kier alpha value is -1.07. The number of hydrogen-bond acceptors (Lipinski definition) is 1. The zero-order valence-electron chi connectivity index (χ0n) is 17.0. The maximum Gasteiger partial charge on any atom is 0.125 e. The number of methoxy groups -OCH3 is 1. The monoisotopic (exact) mass is 358 g/mol. The summed E-state index contributed by atoms with van der Waals surface area (Å²) in [6.07, 6.45) is 5.98. The van der Waals surface area contributed by atoms with Gasteiger partial charge in [0, 0.05) is 5.56 Å². The van der Waals surface area contributed by atoms with E-state index in [0.717, 1.165) is 12.2 Å². The lowest BCUT2D eigenvalue weighted by molar-refractivity contribution is 0.415. The van der Waals surface area contributed by atoms with Crippen LogP contribution in [0.5, 0.6) is 5.75 Å². The molecule has 0 fully saturated rings. The van der Waals surface area contributed by atoms with Crippen LogP contribution >= 0.6 is 0 Å². The van der Waals surface area contributed by atoms with Gasteiger partial charge < -0.3 is 4.74 Å². The first-order valence-corrected chi connectivity index (χ1v) is 15.0. The van der Waals surface area contributed by atoms with Crippen molar-refractivity contribution in [1.82, 2.24) is 0 Å². The minimum Gasteiger partial charge on any atom is -0.496 e. The van der Waals surface area contributed by atoms with E-state index >= 15 is 0 Å². The molecule has 2 rings (SSSR count). The molecule has 0 saturated heterocycles. The van der Waals surface area contributed by atoms with Crippen molar-refractivity contribution in [3.8, 4) is 5.75 Å². The van der Waals surface area contributed by atoms with Crippen LogP contribution in [0.4, 0.5) is 0 Å². The van der Waals surface area contributed by atoms with Gasteiger partial charge in [0.1, 0.15) is 5.75 Å². The lowest BCUT2D eigenvalue weighted by atomic mass is 9.82. The first kappa shape index (κ1) is 19.3. The fraction of sp³-hybridized carbons (Fsp3) is 0.524. The molecule has 0 amide bonds. The zero-order valence-corrected chi connectivity index (χ0v) is 19.3. The molecule has 24 heavy (non-hydrogen) atoms. The molecule has 0 saturated carbocycles. The van der Waals surface area contributed by atoms with Crippen LogP contribution in [0.1, 0.15) is 43.9 Å². The number of hydrogen-bond donors (Lipinski definition) is 0. The Morgan fingerprint density at radius 2 is 1.67 bits per heavy atom. The van der Waals surface area contributed by atoms with Gasteiger partial charge in [-0.05, 0) is 46.7 Å². The van der Waals surface area contributed by atoms with Gasteiger partial charge in [0.2, 0.25) is 0 Å². The Labute approximate surface area is 152 Å². The molecule has 1 aliphatic rings.